The summed E-state index contributed by atoms with van der Waals surface area (Å²) in [6.07, 6.45) is 3.41. The third-order valence-corrected chi connectivity index (χ3v) is 5.88. The van der Waals surface area contributed by atoms with Crippen molar-refractivity contribution in [3.63, 3.8) is 0 Å². The molecule has 2 aliphatic carbocycles. The van der Waals surface area contributed by atoms with Crippen molar-refractivity contribution in [1.82, 2.24) is 4.72 Å². The first-order valence-corrected chi connectivity index (χ1v) is 9.83. The van der Waals surface area contributed by atoms with E-state index in [1.165, 1.54) is 25.3 Å². The van der Waals surface area contributed by atoms with Crippen molar-refractivity contribution in [1.29, 1.82) is 0 Å². The molecule has 0 aromatic heterocycles. The van der Waals surface area contributed by atoms with Crippen molar-refractivity contribution >= 4 is 21.8 Å². The second-order valence-electron chi connectivity index (χ2n) is 6.37. The molecule has 3 rings (SSSR count). The van der Waals surface area contributed by atoms with Gasteiger partial charge < -0.3 is 9.47 Å². The lowest BCUT2D eigenvalue weighted by Crippen LogP contribution is -2.30. The molecule has 0 aliphatic heterocycles. The number of hydrogen-bond donors (Lipinski definition) is 1. The van der Waals surface area contributed by atoms with E-state index in [1.54, 1.807) is 0 Å². The van der Waals surface area contributed by atoms with E-state index in [0.717, 1.165) is 25.7 Å². The summed E-state index contributed by atoms with van der Waals surface area (Å²) in [5.74, 6) is -0.638. The highest BCUT2D eigenvalue weighted by atomic mass is 32.2. The molecular weight excluding hydrogens is 346 g/mol. The number of sulfonamides is 1. The molecule has 0 radical (unpaired) electrons. The lowest BCUT2D eigenvalue weighted by Gasteiger charge is -2.21. The fourth-order valence-corrected chi connectivity index (χ4v) is 4.27. The minimum Gasteiger partial charge on any atom is -0.495 e. The molecule has 8 heteroatoms. The first kappa shape index (κ1) is 17.9. The molecule has 0 amide bonds. The van der Waals surface area contributed by atoms with Gasteiger partial charge in [-0.3, -0.25) is 4.79 Å². The predicted octanol–water partition coefficient (Wildman–Crippen LogP) is 1.80. The van der Waals surface area contributed by atoms with Crippen LogP contribution in [0.1, 0.15) is 48.9 Å². The van der Waals surface area contributed by atoms with Gasteiger partial charge in [0.05, 0.1) is 12.7 Å². The van der Waals surface area contributed by atoms with E-state index < -0.39 is 22.1 Å². The van der Waals surface area contributed by atoms with Crippen LogP contribution in [0.15, 0.2) is 23.1 Å². The van der Waals surface area contributed by atoms with E-state index in [-0.39, 0.29) is 28.0 Å². The lowest BCUT2D eigenvalue weighted by atomic mass is 9.96. The zero-order valence-electron chi connectivity index (χ0n) is 14.0. The molecule has 0 heterocycles. The molecule has 1 aromatic rings. The zero-order chi connectivity index (χ0) is 18.0. The molecule has 7 nitrogen and oxygen atoms in total. The van der Waals surface area contributed by atoms with Crippen molar-refractivity contribution < 1.29 is 27.5 Å². The number of rotatable bonds is 6. The summed E-state index contributed by atoms with van der Waals surface area (Å²) in [7, 11) is -2.42. The van der Waals surface area contributed by atoms with Crippen LogP contribution < -0.4 is 9.46 Å². The summed E-state index contributed by atoms with van der Waals surface area (Å²) >= 11 is 0. The van der Waals surface area contributed by atoms with Crippen molar-refractivity contribution in [2.75, 3.05) is 7.11 Å². The third kappa shape index (κ3) is 4.19. The van der Waals surface area contributed by atoms with Gasteiger partial charge in [-0.15, -0.1) is 0 Å². The Morgan fingerprint density at radius 2 is 1.96 bits per heavy atom. The number of ether oxygens (including phenoxy) is 2. The maximum atomic E-state index is 12.5. The van der Waals surface area contributed by atoms with Crippen LogP contribution in [0.3, 0.4) is 0 Å². The minimum atomic E-state index is -3.79. The smallest absolute Gasteiger partial charge is 0.338 e. The van der Waals surface area contributed by atoms with E-state index in [4.69, 9.17) is 9.47 Å². The monoisotopic (exact) mass is 367 g/mol. The van der Waals surface area contributed by atoms with Crippen LogP contribution >= 0.6 is 0 Å². The molecule has 2 fully saturated rings. The van der Waals surface area contributed by atoms with Crippen LogP contribution in [-0.4, -0.2) is 39.4 Å². The lowest BCUT2D eigenvalue weighted by molar-refractivity contribution is -0.129. The summed E-state index contributed by atoms with van der Waals surface area (Å²) in [4.78, 5) is 24.0. The van der Waals surface area contributed by atoms with E-state index in [1.807, 2.05) is 0 Å². The summed E-state index contributed by atoms with van der Waals surface area (Å²) in [5, 5.41) is 0. The fourth-order valence-electron chi connectivity index (χ4n) is 2.77. The fraction of sp³-hybridized carbons (Fsp3) is 0.529. The first-order chi connectivity index (χ1) is 11.9. The second kappa shape index (κ2) is 7.13. The number of nitrogens with one attached hydrogen (secondary N) is 1. The minimum absolute atomic E-state index is 0.0647. The molecule has 25 heavy (non-hydrogen) atoms. The van der Waals surface area contributed by atoms with Crippen molar-refractivity contribution in [2.24, 2.45) is 0 Å². The Bertz CT molecular complexity index is 784. The van der Waals surface area contributed by atoms with Crippen LogP contribution in [0.2, 0.25) is 0 Å². The Kier molecular flexibility index (Phi) is 5.10. The Balaban J connectivity index is 1.83. The molecule has 0 unspecified atom stereocenters. The highest BCUT2D eigenvalue weighted by molar-refractivity contribution is 7.89. The topological polar surface area (TPSA) is 98.8 Å². The number of esters is 1. The van der Waals surface area contributed by atoms with Crippen LogP contribution in [0, 0.1) is 0 Å². The molecule has 136 valence electrons. The Labute approximate surface area is 146 Å². The van der Waals surface area contributed by atoms with E-state index in [0.29, 0.717) is 12.8 Å². The third-order valence-electron chi connectivity index (χ3n) is 4.34. The van der Waals surface area contributed by atoms with E-state index >= 15 is 0 Å². The van der Waals surface area contributed by atoms with Gasteiger partial charge in [0.1, 0.15) is 10.6 Å². The average Bonchev–Trinajstić information content (AvgIpc) is 3.39. The number of Topliss-reactive ketones (excluding diaryl/α,β-unsaturated/α-hetero) is 1. The molecule has 1 aromatic carbocycles. The number of carbonyl (C=O) groups is 2. The van der Waals surface area contributed by atoms with Crippen molar-refractivity contribution in [2.45, 2.75) is 55.6 Å². The van der Waals surface area contributed by atoms with Gasteiger partial charge in [-0.25, -0.2) is 17.9 Å². The number of methoxy groups -OCH3 is 1. The van der Waals surface area contributed by atoms with Gasteiger partial charge >= 0.3 is 5.97 Å². The van der Waals surface area contributed by atoms with Gasteiger partial charge in [0.2, 0.25) is 10.0 Å². The van der Waals surface area contributed by atoms with E-state index in [9.17, 15) is 18.0 Å². The molecule has 2 saturated carbocycles. The molecule has 0 bridgehead atoms. The highest BCUT2D eigenvalue weighted by Gasteiger charge is 2.31. The molecule has 0 spiro atoms. The van der Waals surface area contributed by atoms with E-state index in [2.05, 4.69) is 4.72 Å². The van der Waals surface area contributed by atoms with Crippen molar-refractivity contribution in [3.8, 4) is 5.75 Å². The average molecular weight is 367 g/mol. The first-order valence-electron chi connectivity index (χ1n) is 8.35. The SMILES string of the molecule is COc1ccc(C(=O)O[C@H]2CCCCC2=O)cc1S(=O)(=O)NC1CC1. The summed E-state index contributed by atoms with van der Waals surface area (Å²) in [6.45, 7) is 0. The quantitative estimate of drug-likeness (QED) is 0.770. The summed E-state index contributed by atoms with van der Waals surface area (Å²) in [5.41, 5.74) is 0.0790. The molecule has 2 aliphatic rings. The Hall–Kier alpha value is -1.93. The number of hydrogen-bond acceptors (Lipinski definition) is 6. The van der Waals surface area contributed by atoms with Gasteiger partial charge in [-0.1, -0.05) is 0 Å². The van der Waals surface area contributed by atoms with Crippen LogP contribution in [0.25, 0.3) is 0 Å². The molecular formula is C17H21NO6S. The van der Waals surface area contributed by atoms with Gasteiger partial charge in [0.15, 0.2) is 11.9 Å². The zero-order valence-corrected chi connectivity index (χ0v) is 14.8. The van der Waals surface area contributed by atoms with Crippen LogP contribution in [-0.2, 0) is 19.6 Å². The molecule has 0 saturated heterocycles. The number of ketones is 1. The highest BCUT2D eigenvalue weighted by Crippen LogP contribution is 2.29. The summed E-state index contributed by atoms with van der Waals surface area (Å²) < 4.78 is 37.9. The van der Waals surface area contributed by atoms with Gasteiger partial charge in [-0.05, 0) is 50.3 Å². The standard InChI is InChI=1S/C17H21NO6S/c1-23-15-9-6-11(10-16(15)25(21,22)18-12-7-8-12)17(20)24-14-5-3-2-4-13(14)19/h6,9-10,12,14,18H,2-5,7-8H2,1H3/t14-/m0/s1. The van der Waals surface area contributed by atoms with Gasteiger partial charge in [0, 0.05) is 12.5 Å². The predicted molar refractivity (Wildman–Crippen MR) is 89.0 cm³/mol. The largest absolute Gasteiger partial charge is 0.495 e. The molecule has 1 atom stereocenters. The Morgan fingerprint density at radius 3 is 2.60 bits per heavy atom. The second-order valence-corrected chi connectivity index (χ2v) is 8.05. The van der Waals surface area contributed by atoms with Gasteiger partial charge in [0.25, 0.3) is 0 Å². The number of benzene rings is 1. The van der Waals surface area contributed by atoms with Crippen LogP contribution in [0.4, 0.5) is 0 Å². The number of carbonyl (C=O) groups excluding carboxylic acids is 2. The summed E-state index contributed by atoms with van der Waals surface area (Å²) in [6, 6.07) is 4.02. The van der Waals surface area contributed by atoms with Crippen LogP contribution in [0.5, 0.6) is 5.75 Å². The molecule has 1 N–H and O–H groups in total. The van der Waals surface area contributed by atoms with Gasteiger partial charge in [-0.2, -0.15) is 0 Å². The normalized spacial score (nSPS) is 21.0. The Morgan fingerprint density at radius 1 is 1.20 bits per heavy atom. The maximum absolute atomic E-state index is 12.5. The van der Waals surface area contributed by atoms with Crippen molar-refractivity contribution in [3.05, 3.63) is 23.8 Å². The maximum Gasteiger partial charge on any atom is 0.338 e.